The van der Waals surface area contributed by atoms with E-state index in [0.717, 1.165) is 5.75 Å². The van der Waals surface area contributed by atoms with Crippen molar-refractivity contribution in [2.75, 3.05) is 13.2 Å². The van der Waals surface area contributed by atoms with Crippen LogP contribution in [-0.4, -0.2) is 19.1 Å². The molecule has 1 aromatic rings. The van der Waals surface area contributed by atoms with Gasteiger partial charge in [0, 0.05) is 6.92 Å². The molecule has 1 N–H and O–H groups in total. The molecular weight excluding hydrogens is 214 g/mol. The van der Waals surface area contributed by atoms with Crippen molar-refractivity contribution in [3.05, 3.63) is 29.8 Å². The van der Waals surface area contributed by atoms with Crippen LogP contribution in [0, 0.1) is 0 Å². The minimum absolute atomic E-state index is 0.0309. The van der Waals surface area contributed by atoms with Crippen LogP contribution in [0.1, 0.15) is 33.3 Å². The zero-order chi connectivity index (χ0) is 12.9. The van der Waals surface area contributed by atoms with Gasteiger partial charge in [-0.05, 0) is 23.1 Å². The minimum atomic E-state index is -0.0309. The number of hydrogen-bond acceptors (Lipinski definition) is 2. The van der Waals surface area contributed by atoms with Gasteiger partial charge in [-0.3, -0.25) is 4.79 Å². The monoisotopic (exact) mass is 235 g/mol. The number of ether oxygens (including phenoxy) is 1. The topological polar surface area (TPSA) is 38.3 Å². The van der Waals surface area contributed by atoms with E-state index in [1.807, 2.05) is 12.1 Å². The van der Waals surface area contributed by atoms with Crippen LogP contribution < -0.4 is 10.1 Å². The average Bonchev–Trinajstić information content (AvgIpc) is 2.23. The summed E-state index contributed by atoms with van der Waals surface area (Å²) in [5.41, 5.74) is 1.45. The average molecular weight is 235 g/mol. The lowest BCUT2D eigenvalue weighted by Crippen LogP contribution is -2.25. The molecule has 0 aliphatic carbocycles. The van der Waals surface area contributed by atoms with E-state index in [-0.39, 0.29) is 11.3 Å². The van der Waals surface area contributed by atoms with Crippen molar-refractivity contribution in [3.63, 3.8) is 0 Å². The molecule has 1 amide bonds. The lowest BCUT2D eigenvalue weighted by atomic mass is 9.87. The number of carbonyl (C=O) groups excluding carboxylic acids is 1. The molecule has 0 unspecified atom stereocenters. The van der Waals surface area contributed by atoms with E-state index in [4.69, 9.17) is 4.74 Å². The molecule has 17 heavy (non-hydrogen) atoms. The summed E-state index contributed by atoms with van der Waals surface area (Å²) in [5, 5.41) is 2.69. The number of carbonyl (C=O) groups is 1. The maximum absolute atomic E-state index is 10.6. The van der Waals surface area contributed by atoms with Crippen molar-refractivity contribution in [2.24, 2.45) is 0 Å². The first-order valence-corrected chi connectivity index (χ1v) is 5.87. The summed E-state index contributed by atoms with van der Waals surface area (Å²) in [6.45, 7) is 9.07. The largest absolute Gasteiger partial charge is 0.492 e. The molecule has 1 rings (SSSR count). The predicted octanol–water partition coefficient (Wildman–Crippen LogP) is 2.50. The number of benzene rings is 1. The quantitative estimate of drug-likeness (QED) is 0.814. The molecule has 1 aromatic carbocycles. The third kappa shape index (κ3) is 4.89. The van der Waals surface area contributed by atoms with E-state index in [1.54, 1.807) is 0 Å². The SMILES string of the molecule is CC(=O)NCCOc1ccc(C(C)(C)C)cc1. The Balaban J connectivity index is 2.43. The molecule has 0 saturated carbocycles. The molecule has 3 nitrogen and oxygen atoms in total. The number of nitrogens with one attached hydrogen (secondary N) is 1. The van der Waals surface area contributed by atoms with Crippen LogP contribution in [0.15, 0.2) is 24.3 Å². The highest BCUT2D eigenvalue weighted by Gasteiger charge is 2.12. The van der Waals surface area contributed by atoms with Crippen molar-refractivity contribution in [1.29, 1.82) is 0 Å². The van der Waals surface area contributed by atoms with Crippen LogP contribution in [-0.2, 0) is 10.2 Å². The van der Waals surface area contributed by atoms with Gasteiger partial charge >= 0.3 is 0 Å². The second kappa shape index (κ2) is 5.71. The summed E-state index contributed by atoms with van der Waals surface area (Å²) in [4.78, 5) is 10.6. The van der Waals surface area contributed by atoms with Gasteiger partial charge in [-0.1, -0.05) is 32.9 Å². The molecule has 0 heterocycles. The fourth-order valence-corrected chi connectivity index (χ4v) is 1.45. The Hall–Kier alpha value is -1.51. The van der Waals surface area contributed by atoms with Crippen molar-refractivity contribution in [3.8, 4) is 5.75 Å². The summed E-state index contributed by atoms with van der Waals surface area (Å²) in [7, 11) is 0. The van der Waals surface area contributed by atoms with Crippen molar-refractivity contribution in [2.45, 2.75) is 33.1 Å². The summed E-state index contributed by atoms with van der Waals surface area (Å²) in [6, 6.07) is 8.09. The fraction of sp³-hybridized carbons (Fsp3) is 0.500. The van der Waals surface area contributed by atoms with Crippen LogP contribution in [0.4, 0.5) is 0 Å². The van der Waals surface area contributed by atoms with E-state index in [1.165, 1.54) is 12.5 Å². The van der Waals surface area contributed by atoms with Crippen LogP contribution in [0.5, 0.6) is 5.75 Å². The van der Waals surface area contributed by atoms with Crippen molar-refractivity contribution < 1.29 is 9.53 Å². The van der Waals surface area contributed by atoms with Crippen molar-refractivity contribution >= 4 is 5.91 Å². The van der Waals surface area contributed by atoms with E-state index < -0.39 is 0 Å². The normalized spacial score (nSPS) is 11.1. The van der Waals surface area contributed by atoms with E-state index in [9.17, 15) is 4.79 Å². The van der Waals surface area contributed by atoms with Crippen LogP contribution in [0.2, 0.25) is 0 Å². The number of amides is 1. The Kier molecular flexibility index (Phi) is 4.55. The van der Waals surface area contributed by atoms with Gasteiger partial charge < -0.3 is 10.1 Å². The Bertz CT molecular complexity index is 363. The summed E-state index contributed by atoms with van der Waals surface area (Å²) >= 11 is 0. The standard InChI is InChI=1S/C14H21NO2/c1-11(16)15-9-10-17-13-7-5-12(6-8-13)14(2,3)4/h5-8H,9-10H2,1-4H3,(H,15,16). The number of rotatable bonds is 4. The second-order valence-corrected chi connectivity index (χ2v) is 5.11. The van der Waals surface area contributed by atoms with Gasteiger partial charge in [-0.15, -0.1) is 0 Å². The molecule has 0 bridgehead atoms. The Morgan fingerprint density at radius 3 is 2.29 bits per heavy atom. The first-order valence-electron chi connectivity index (χ1n) is 5.87. The molecule has 0 spiro atoms. The molecule has 0 aliphatic rings. The highest BCUT2D eigenvalue weighted by atomic mass is 16.5. The van der Waals surface area contributed by atoms with Crippen molar-refractivity contribution in [1.82, 2.24) is 5.32 Å². The lowest BCUT2D eigenvalue weighted by molar-refractivity contribution is -0.119. The zero-order valence-electron chi connectivity index (χ0n) is 11.0. The molecule has 0 fully saturated rings. The van der Waals surface area contributed by atoms with E-state index in [2.05, 4.69) is 38.2 Å². The fourth-order valence-electron chi connectivity index (χ4n) is 1.45. The molecule has 0 saturated heterocycles. The minimum Gasteiger partial charge on any atom is -0.492 e. The van der Waals surface area contributed by atoms with Gasteiger partial charge in [0.1, 0.15) is 12.4 Å². The first kappa shape index (κ1) is 13.6. The molecule has 0 radical (unpaired) electrons. The molecule has 0 atom stereocenters. The summed E-state index contributed by atoms with van der Waals surface area (Å²) in [6.07, 6.45) is 0. The summed E-state index contributed by atoms with van der Waals surface area (Å²) < 4.78 is 5.51. The first-order chi connectivity index (χ1) is 7.89. The van der Waals surface area contributed by atoms with Crippen LogP contribution in [0.3, 0.4) is 0 Å². The summed E-state index contributed by atoms with van der Waals surface area (Å²) in [5.74, 6) is 0.806. The number of hydrogen-bond donors (Lipinski definition) is 1. The van der Waals surface area contributed by atoms with E-state index in [0.29, 0.717) is 13.2 Å². The molecule has 0 aromatic heterocycles. The van der Waals surface area contributed by atoms with Crippen LogP contribution in [0.25, 0.3) is 0 Å². The maximum atomic E-state index is 10.6. The smallest absolute Gasteiger partial charge is 0.216 e. The van der Waals surface area contributed by atoms with Gasteiger partial charge in [-0.2, -0.15) is 0 Å². The van der Waals surface area contributed by atoms with Crippen LogP contribution >= 0.6 is 0 Å². The van der Waals surface area contributed by atoms with E-state index >= 15 is 0 Å². The maximum Gasteiger partial charge on any atom is 0.216 e. The van der Waals surface area contributed by atoms with Gasteiger partial charge in [0.15, 0.2) is 0 Å². The predicted molar refractivity (Wildman–Crippen MR) is 69.3 cm³/mol. The molecule has 3 heteroatoms. The molecule has 0 aliphatic heterocycles. The third-order valence-corrected chi connectivity index (χ3v) is 2.47. The molecular formula is C14H21NO2. The Morgan fingerprint density at radius 1 is 1.24 bits per heavy atom. The van der Waals surface area contributed by atoms with Gasteiger partial charge in [0.2, 0.25) is 5.91 Å². The van der Waals surface area contributed by atoms with Gasteiger partial charge in [0.05, 0.1) is 6.54 Å². The third-order valence-electron chi connectivity index (χ3n) is 2.47. The highest BCUT2D eigenvalue weighted by Crippen LogP contribution is 2.24. The van der Waals surface area contributed by atoms with Gasteiger partial charge in [0.25, 0.3) is 0 Å². The lowest BCUT2D eigenvalue weighted by Gasteiger charge is -2.19. The zero-order valence-corrected chi connectivity index (χ0v) is 11.0. The van der Waals surface area contributed by atoms with Gasteiger partial charge in [-0.25, -0.2) is 0 Å². The second-order valence-electron chi connectivity index (χ2n) is 5.11. The Morgan fingerprint density at radius 2 is 1.82 bits per heavy atom. The Labute approximate surface area is 103 Å². The highest BCUT2D eigenvalue weighted by molar-refractivity contribution is 5.72. The molecule has 94 valence electrons.